The molecule has 2 N–H and O–H groups in total. The number of hydrogen-bond acceptors (Lipinski definition) is 5. The number of ether oxygens (including phenoxy) is 1. The summed E-state index contributed by atoms with van der Waals surface area (Å²) in [5, 5.41) is 14.1. The Morgan fingerprint density at radius 2 is 0.745 bits per heavy atom. The average molecular weight is 4070 g/mol. The van der Waals surface area contributed by atoms with E-state index in [-0.39, 0.29) is 119 Å². The minimum absolute atomic E-state index is 0. The maximum atomic E-state index is 9.01. The maximum absolute atomic E-state index is 9.01. The van der Waals surface area contributed by atoms with E-state index >= 15 is 0 Å². The molecule has 4 radical (unpaired) electrons. The number of carbonyl (C=O) groups excluding carboxylic acids is 2. The van der Waals surface area contributed by atoms with Crippen LogP contribution >= 0.6 is 0 Å². The van der Waals surface area contributed by atoms with Crippen LogP contribution in [0.3, 0.4) is 0 Å². The monoisotopic (exact) mass is 4070 g/mol. The molecule has 0 aliphatic rings. The molecule has 0 amide bonds. The molecule has 0 aromatic rings. The molecule has 27 heteroatoms. The van der Waals surface area contributed by atoms with Gasteiger partial charge in [0.05, 0.1) is 0 Å². The van der Waals surface area contributed by atoms with Crippen molar-refractivity contribution >= 4 is 53.8 Å². The molecule has 0 saturated carbocycles. The molecule has 55 heavy (non-hydrogen) atoms. The number of aliphatic hydroxyl groups is 1. The summed E-state index contributed by atoms with van der Waals surface area (Å²) in [6.07, 6.45) is 3.64. The first-order valence-electron chi connectivity index (χ1n) is 11.7. The molecule has 2 atom stereocenters. The topological polar surface area (TPSA) is 101 Å². The van der Waals surface area contributed by atoms with E-state index in [1.807, 2.05) is 60.0 Å². The van der Waals surface area contributed by atoms with E-state index in [1.165, 1.54) is 144 Å². The second-order valence-corrected chi connectivity index (χ2v) is 11.7. The summed E-state index contributed by atoms with van der Waals surface area (Å²) in [4.78, 5) is 25.9. The van der Waals surface area contributed by atoms with Crippen molar-refractivity contribution in [3.8, 4) is 0 Å². The molecule has 0 spiro atoms. The third-order valence-electron chi connectivity index (χ3n) is 1.51. The van der Waals surface area contributed by atoms with E-state index < -0.39 is 0 Å². The largest absolute Gasteiger partial charge is 0 e. The molecule has 0 rings (SSSR count). The van der Waals surface area contributed by atoms with Crippen molar-refractivity contribution in [3.05, 3.63) is 13.8 Å². The Labute approximate surface area is 573 Å². The van der Waals surface area contributed by atoms with Crippen LogP contribution in [0.5, 0.6) is 0 Å². The first-order valence-corrected chi connectivity index (χ1v) is 67.4. The minimum atomic E-state index is 0. The molecule has 0 aromatic heterocycles. The fourth-order valence-corrected chi connectivity index (χ4v) is 3.40. The van der Waals surface area contributed by atoms with E-state index in [0.717, 1.165) is 51.5 Å². The van der Waals surface area contributed by atoms with Gasteiger partial charge in [-0.1, -0.05) is 76.7 Å². The van der Waals surface area contributed by atoms with Crippen LogP contribution in [0.15, 0.2) is 0 Å². The van der Waals surface area contributed by atoms with Gasteiger partial charge in [0.2, 0.25) is 0 Å². The SMILES string of the molecule is C.C.CC.CC.CC.CC.C[C-]=O.O=[C-]O.O=[C-]O[C-]=[W].O[C-]=[W].[CH2-]C([C-]=[W])C[C](=[W])[C-]=[W].[CH2-]C([C-]=[W])C[C](=[W])[C-]=[W].[Rf].[Rh].[Rh].[W]=[W].[W]=[W].[W]=[W].[W]=[W].[Y].[Y]. The van der Waals surface area contributed by atoms with Crippen LogP contribution in [0.25, 0.3) is 0 Å². The minimum Gasteiger partial charge on any atom is 0 e. The van der Waals surface area contributed by atoms with Gasteiger partial charge in [-0.25, -0.2) is 0 Å². The van der Waals surface area contributed by atoms with Crippen molar-refractivity contribution in [2.75, 3.05) is 0 Å². The molecule has 0 aliphatic heterocycles. The Kier molecular flexibility index (Phi) is 544. The molecule has 0 bridgehead atoms. The Hall–Kier alpha value is 11.0. The Morgan fingerprint density at radius 3 is 0.800 bits per heavy atom. The van der Waals surface area contributed by atoms with Gasteiger partial charge in [-0.3, -0.25) is 6.29 Å². The zero-order chi connectivity index (χ0) is 42.8. The first kappa shape index (κ1) is 138. The second-order valence-electron chi connectivity index (χ2n) is 3.74. The fraction of sp³-hybridized carbons (Fsp3) is 0.536. The van der Waals surface area contributed by atoms with Crippen LogP contribution in [0.2, 0.25) is 0 Å². The second kappa shape index (κ2) is 217. The van der Waals surface area contributed by atoms with E-state index in [0.29, 0.717) is 18.3 Å². The molecule has 2 unspecified atom stereocenters. The molecule has 328 valence electrons. The summed E-state index contributed by atoms with van der Waals surface area (Å²) in [7, 11) is 0. The van der Waals surface area contributed by atoms with Crippen molar-refractivity contribution in [2.45, 2.75) is 90.0 Å². The van der Waals surface area contributed by atoms with Crippen molar-refractivity contribution in [1.82, 2.24) is 0 Å². The standard InChI is InChI=1S/2C6H5.C2O2.C2H3O.4C2H6.CHO2.CHO.2CH4.Rf.2Rh.16W.2Y/c2*1-4-5-6(2)3;1-4-2-3;1-2-3;4*1-2;2-1-3;1-2;;;;;;;;;;;;;;;;;;;;;;;/h2*6H,2,5H2;;1H3;4*1-2H3;(H,2,3);2H;2*1H4;;;;;;;;;;;;;;;;;;;;;/q2*-3;-2;-1;;;;;2*-1;;;;;;;;;;;;;;;;;;;;;;;. The van der Waals surface area contributed by atoms with Crippen LogP contribution in [0.1, 0.15) is 90.0 Å². The van der Waals surface area contributed by atoms with E-state index in [9.17, 15) is 0 Å². The molecule has 0 heterocycles. The van der Waals surface area contributed by atoms with Gasteiger partial charge < -0.3 is 14.7 Å². The average Bonchev–Trinajstić information content (AvgIpc) is 3.16. The van der Waals surface area contributed by atoms with Crippen molar-refractivity contribution < 1.29 is 418 Å². The molecular weight excluding hydrogens is 4020 g/mol. The van der Waals surface area contributed by atoms with Gasteiger partial charge in [-0.15, -0.1) is 0 Å². The van der Waals surface area contributed by atoms with Crippen LogP contribution in [0.4, 0.5) is 0 Å². The van der Waals surface area contributed by atoms with Gasteiger partial charge in [0, 0.05) is 104 Å². The molecule has 0 aromatic carbocycles. The fourth-order valence-electron chi connectivity index (χ4n) is 0.631. The van der Waals surface area contributed by atoms with Crippen molar-refractivity contribution in [1.29, 1.82) is 0 Å². The van der Waals surface area contributed by atoms with Gasteiger partial charge in [0.15, 0.2) is 0 Å². The van der Waals surface area contributed by atoms with Crippen molar-refractivity contribution in [2.24, 2.45) is 11.8 Å². The Balaban J connectivity index is -0.0000000124. The summed E-state index contributed by atoms with van der Waals surface area (Å²) in [5.74, 6) is 0.804. The molecule has 0 fully saturated rings. The zero-order valence-electron chi connectivity index (χ0n) is 30.1. The Morgan fingerprint density at radius 1 is 0.600 bits per heavy atom. The summed E-state index contributed by atoms with van der Waals surface area (Å²) < 4.78 is 23.3. The summed E-state index contributed by atoms with van der Waals surface area (Å²) in [5.41, 5.74) is 0. The van der Waals surface area contributed by atoms with Crippen LogP contribution in [-0.2, 0) is 408 Å². The van der Waals surface area contributed by atoms with E-state index in [2.05, 4.69) is 40.8 Å². The van der Waals surface area contributed by atoms with Gasteiger partial charge in [-0.2, -0.15) is 6.92 Å². The van der Waals surface area contributed by atoms with Crippen LogP contribution in [-0.4, -0.2) is 64.0 Å². The predicted molar refractivity (Wildman–Crippen MR) is 154 cm³/mol. The molecule has 6 nitrogen and oxygen atoms in total. The summed E-state index contributed by atoms with van der Waals surface area (Å²) >= 11 is 24.0. The quantitative estimate of drug-likeness (QED) is 0.255. The number of rotatable bonds is 10. The Bertz CT molecular complexity index is 606. The van der Waals surface area contributed by atoms with Gasteiger partial charge in [0.25, 0.3) is 0 Å². The van der Waals surface area contributed by atoms with Gasteiger partial charge in [-0.05, 0) is 0 Å². The molecule has 0 aliphatic carbocycles. The van der Waals surface area contributed by atoms with Crippen LogP contribution < -0.4 is 0 Å². The third kappa shape index (κ3) is 307. The van der Waals surface area contributed by atoms with Gasteiger partial charge in [0.1, 0.15) is 0 Å². The van der Waals surface area contributed by atoms with Crippen LogP contribution in [0, 0.1) is 25.7 Å². The van der Waals surface area contributed by atoms with E-state index in [4.69, 9.17) is 24.6 Å². The van der Waals surface area contributed by atoms with Gasteiger partial charge >= 0.3 is 379 Å². The van der Waals surface area contributed by atoms with E-state index in [1.54, 1.807) is 130 Å². The maximum Gasteiger partial charge on any atom is 0 e. The number of hydrogen-bond donors (Lipinski definition) is 2. The molecular formula is C28H47O6RfRh2W16Y2-11. The smallest absolute Gasteiger partial charge is 0 e. The van der Waals surface area contributed by atoms with Crippen molar-refractivity contribution in [3.63, 3.8) is 0 Å². The normalized spacial score (nSPS) is 5.89. The predicted octanol–water partition coefficient (Wildman–Crippen LogP) is 3.87. The zero-order valence-corrected chi connectivity index (χ0v) is 92.4. The third-order valence-corrected chi connectivity index (χ3v) is 11.9. The summed E-state index contributed by atoms with van der Waals surface area (Å²) in [6.45, 7) is 26.8. The molecule has 0 saturated heterocycles. The summed E-state index contributed by atoms with van der Waals surface area (Å²) in [6, 6.07) is 0. The first-order chi connectivity index (χ1) is 23.1. The number of aliphatic hydroxyl groups excluding tert-OH is 2.